The molecule has 0 unspecified atom stereocenters. The van der Waals surface area contributed by atoms with Gasteiger partial charge in [-0.05, 0) is 43.4 Å². The minimum absolute atomic E-state index is 0.0303. The highest BCUT2D eigenvalue weighted by atomic mass is 32.2. The highest BCUT2D eigenvalue weighted by molar-refractivity contribution is 8.00. The summed E-state index contributed by atoms with van der Waals surface area (Å²) in [4.78, 5) is 75.8. The number of carboxylic acid groups (broad SMARTS) is 1. The number of carbonyl (C=O) groups excluding carboxylic acids is 5. The maximum Gasteiger partial charge on any atom is 0.441 e. The second kappa shape index (κ2) is 22.7. The third kappa shape index (κ3) is 20.5. The standard InChI is InChI=1S/C33H58F3N5O9S/c1-16(2)12-22(24(43)15-27(46)47)39-30(48)20(9)37-26(45)14-23(42)21(10-11-51-33(34,35)36)38-31(49)29(19(7)8)41-32(50)28(18(5)6)40-25(44)13-17(3)4/h16-24,28-29,42-43H,10-15H2,1-9H3,(H,37,45)(H,38,49)(H,39,48)(H,40,44)(H,41,50)(H,46,47)/t20-,21-,22-,23-,24-,28+,29-/m0/s1. The van der Waals surface area contributed by atoms with E-state index in [4.69, 9.17) is 5.11 Å². The first-order valence-electron chi connectivity index (χ1n) is 17.1. The quantitative estimate of drug-likeness (QED) is 0.0758. The molecule has 8 N–H and O–H groups in total. The Morgan fingerprint density at radius 2 is 1.08 bits per heavy atom. The zero-order chi connectivity index (χ0) is 39.8. The van der Waals surface area contributed by atoms with E-state index < -0.39 is 108 Å². The number of hydrogen-bond donors (Lipinski definition) is 8. The van der Waals surface area contributed by atoms with Gasteiger partial charge in [0.1, 0.15) is 18.1 Å². The molecule has 51 heavy (non-hydrogen) atoms. The summed E-state index contributed by atoms with van der Waals surface area (Å²) < 4.78 is 38.8. The lowest BCUT2D eigenvalue weighted by atomic mass is 9.97. The van der Waals surface area contributed by atoms with Gasteiger partial charge in [0.25, 0.3) is 0 Å². The van der Waals surface area contributed by atoms with Gasteiger partial charge in [-0.2, -0.15) is 13.2 Å². The molecule has 0 radical (unpaired) electrons. The lowest BCUT2D eigenvalue weighted by molar-refractivity contribution is -0.140. The molecule has 0 heterocycles. The average Bonchev–Trinajstić information content (AvgIpc) is 2.95. The number of alkyl halides is 3. The lowest BCUT2D eigenvalue weighted by Crippen LogP contribution is -2.59. The summed E-state index contributed by atoms with van der Waals surface area (Å²) in [5.41, 5.74) is -4.61. The number of aliphatic hydroxyl groups excluding tert-OH is 2. The number of thioether (sulfide) groups is 1. The maximum absolute atomic E-state index is 13.4. The zero-order valence-electron chi connectivity index (χ0n) is 30.9. The van der Waals surface area contributed by atoms with E-state index in [1.807, 2.05) is 13.8 Å². The summed E-state index contributed by atoms with van der Waals surface area (Å²) in [5.74, 6) is -6.23. The summed E-state index contributed by atoms with van der Waals surface area (Å²) >= 11 is -0.386. The Hall–Kier alpha value is -3.12. The van der Waals surface area contributed by atoms with Crippen LogP contribution in [0.15, 0.2) is 0 Å². The highest BCUT2D eigenvalue weighted by Crippen LogP contribution is 2.31. The van der Waals surface area contributed by atoms with Crippen molar-refractivity contribution in [3.05, 3.63) is 0 Å². The fourth-order valence-corrected chi connectivity index (χ4v) is 5.60. The van der Waals surface area contributed by atoms with Crippen LogP contribution in [0.4, 0.5) is 13.2 Å². The Morgan fingerprint density at radius 1 is 0.608 bits per heavy atom. The van der Waals surface area contributed by atoms with Crippen molar-refractivity contribution >= 4 is 47.3 Å². The fourth-order valence-electron chi connectivity index (χ4n) is 5.00. The number of nitrogens with one attached hydrogen (secondary N) is 5. The number of aliphatic hydroxyl groups is 2. The van der Waals surface area contributed by atoms with Crippen LogP contribution in [0.25, 0.3) is 0 Å². The number of aliphatic carboxylic acids is 1. The number of carbonyl (C=O) groups is 6. The molecule has 0 bridgehead atoms. The van der Waals surface area contributed by atoms with Gasteiger partial charge in [-0.25, -0.2) is 0 Å². The zero-order valence-corrected chi connectivity index (χ0v) is 31.7. The van der Waals surface area contributed by atoms with E-state index in [1.165, 1.54) is 6.92 Å². The van der Waals surface area contributed by atoms with Crippen LogP contribution in [0.2, 0.25) is 0 Å². The molecule has 14 nitrogen and oxygen atoms in total. The van der Waals surface area contributed by atoms with Crippen molar-refractivity contribution in [1.29, 1.82) is 0 Å². The summed E-state index contributed by atoms with van der Waals surface area (Å²) in [6.07, 6.45) is -4.49. The van der Waals surface area contributed by atoms with Gasteiger partial charge in [-0.1, -0.05) is 67.2 Å². The van der Waals surface area contributed by atoms with Crippen LogP contribution >= 0.6 is 11.8 Å². The minimum Gasteiger partial charge on any atom is -0.481 e. The summed E-state index contributed by atoms with van der Waals surface area (Å²) in [5, 5.41) is 42.9. The molecule has 5 amide bonds. The third-order valence-electron chi connectivity index (χ3n) is 7.66. The highest BCUT2D eigenvalue weighted by Gasteiger charge is 2.35. The number of halogens is 3. The van der Waals surface area contributed by atoms with Gasteiger partial charge in [0.05, 0.1) is 37.1 Å². The van der Waals surface area contributed by atoms with Gasteiger partial charge in [-0.15, -0.1) is 0 Å². The van der Waals surface area contributed by atoms with E-state index in [1.54, 1.807) is 41.5 Å². The predicted octanol–water partition coefficient (Wildman–Crippen LogP) is 2.06. The molecule has 0 saturated heterocycles. The van der Waals surface area contributed by atoms with Crippen LogP contribution in [0.5, 0.6) is 0 Å². The van der Waals surface area contributed by atoms with Crippen molar-refractivity contribution < 1.29 is 57.3 Å². The molecular formula is C33H58F3N5O9S. The molecule has 0 spiro atoms. The molecule has 0 fully saturated rings. The monoisotopic (exact) mass is 757 g/mol. The fraction of sp³-hybridized carbons (Fsp3) is 0.818. The first kappa shape index (κ1) is 47.9. The van der Waals surface area contributed by atoms with E-state index in [9.17, 15) is 52.2 Å². The molecule has 0 aliphatic heterocycles. The third-order valence-corrected chi connectivity index (χ3v) is 8.43. The van der Waals surface area contributed by atoms with E-state index in [0.29, 0.717) is 0 Å². The van der Waals surface area contributed by atoms with Gasteiger partial charge >= 0.3 is 11.5 Å². The Bertz CT molecular complexity index is 1160. The average molecular weight is 758 g/mol. The van der Waals surface area contributed by atoms with Crippen molar-refractivity contribution in [2.75, 3.05) is 5.75 Å². The largest absolute Gasteiger partial charge is 0.481 e. The summed E-state index contributed by atoms with van der Waals surface area (Å²) in [6.45, 7) is 15.2. The van der Waals surface area contributed by atoms with Gasteiger partial charge in [-0.3, -0.25) is 28.8 Å². The lowest BCUT2D eigenvalue weighted by Gasteiger charge is -2.30. The molecule has 0 aromatic heterocycles. The smallest absolute Gasteiger partial charge is 0.441 e. The Labute approximate surface area is 302 Å². The SMILES string of the molecule is CC(C)CC(=O)N[C@@H](C(=O)N[C@H](C(=O)N[C@@H](CCSC(F)(F)F)[C@@H](O)CC(=O)N[C@@H](C)C(=O)N[C@@H](CC(C)C)[C@@H](O)CC(=O)O)C(C)C)C(C)C. The molecule has 18 heteroatoms. The van der Waals surface area contributed by atoms with Crippen LogP contribution in [0.3, 0.4) is 0 Å². The van der Waals surface area contributed by atoms with Crippen molar-refractivity contribution in [2.24, 2.45) is 23.7 Å². The topological polar surface area (TPSA) is 223 Å². The molecule has 7 atom stereocenters. The Morgan fingerprint density at radius 3 is 1.55 bits per heavy atom. The first-order chi connectivity index (χ1) is 23.3. The number of rotatable bonds is 23. The van der Waals surface area contributed by atoms with Gasteiger partial charge in [0.15, 0.2) is 0 Å². The van der Waals surface area contributed by atoms with Crippen LogP contribution < -0.4 is 26.6 Å². The number of hydrogen-bond acceptors (Lipinski definition) is 9. The number of carboxylic acids is 1. The Balaban J connectivity index is 5.83. The van der Waals surface area contributed by atoms with Crippen molar-refractivity contribution in [3.63, 3.8) is 0 Å². The summed E-state index contributed by atoms with van der Waals surface area (Å²) in [6, 6.07) is -5.75. The van der Waals surface area contributed by atoms with Crippen molar-refractivity contribution in [1.82, 2.24) is 26.6 Å². The van der Waals surface area contributed by atoms with Crippen molar-refractivity contribution in [2.45, 2.75) is 142 Å². The predicted molar refractivity (Wildman–Crippen MR) is 186 cm³/mol. The van der Waals surface area contributed by atoms with Crippen LogP contribution in [-0.4, -0.2) is 105 Å². The van der Waals surface area contributed by atoms with E-state index in [2.05, 4.69) is 26.6 Å². The molecule has 0 aromatic rings. The number of amides is 5. The molecular weight excluding hydrogens is 699 g/mol. The molecule has 0 aromatic carbocycles. The van der Waals surface area contributed by atoms with Gasteiger partial charge in [0.2, 0.25) is 29.5 Å². The maximum atomic E-state index is 13.4. The summed E-state index contributed by atoms with van der Waals surface area (Å²) in [7, 11) is 0. The van der Waals surface area contributed by atoms with Crippen LogP contribution in [0, 0.1) is 23.7 Å². The van der Waals surface area contributed by atoms with Gasteiger partial charge in [0, 0.05) is 12.2 Å². The van der Waals surface area contributed by atoms with Crippen LogP contribution in [-0.2, 0) is 28.8 Å². The van der Waals surface area contributed by atoms with Crippen molar-refractivity contribution in [3.8, 4) is 0 Å². The normalized spacial score (nSPS) is 16.1. The van der Waals surface area contributed by atoms with Crippen LogP contribution in [0.1, 0.15) is 94.4 Å². The molecule has 0 rings (SSSR count). The van der Waals surface area contributed by atoms with E-state index in [-0.39, 0.29) is 48.3 Å². The second-order valence-electron chi connectivity index (χ2n) is 14.3. The molecule has 296 valence electrons. The second-order valence-corrected chi connectivity index (χ2v) is 15.4. The van der Waals surface area contributed by atoms with E-state index >= 15 is 0 Å². The van der Waals surface area contributed by atoms with Gasteiger partial charge < -0.3 is 41.9 Å². The first-order valence-corrected chi connectivity index (χ1v) is 18.1. The minimum atomic E-state index is -4.61. The molecule has 0 aliphatic carbocycles. The molecule has 0 aliphatic rings. The molecule has 0 saturated carbocycles. The van der Waals surface area contributed by atoms with E-state index in [0.717, 1.165) is 0 Å². The Kier molecular flexibility index (Phi) is 21.3.